The van der Waals surface area contributed by atoms with E-state index in [1.807, 2.05) is 30.3 Å². The summed E-state index contributed by atoms with van der Waals surface area (Å²) >= 11 is 0. The Labute approximate surface area is 146 Å². The van der Waals surface area contributed by atoms with Crippen molar-refractivity contribution in [3.63, 3.8) is 0 Å². The van der Waals surface area contributed by atoms with Crippen LogP contribution in [0.25, 0.3) is 10.8 Å². The van der Waals surface area contributed by atoms with Crippen LogP contribution in [0.5, 0.6) is 0 Å². The Morgan fingerprint density at radius 1 is 0.960 bits per heavy atom. The van der Waals surface area contributed by atoms with Crippen LogP contribution in [-0.2, 0) is 28.9 Å². The molecule has 6 heteroatoms. The molecule has 2 rings (SSSR count). The fourth-order valence-corrected chi connectivity index (χ4v) is 3.08. The number of carbonyl (C=O) groups excluding carboxylic acids is 2. The Morgan fingerprint density at radius 3 is 2.16 bits per heavy atom. The van der Waals surface area contributed by atoms with Gasteiger partial charge in [-0.25, -0.2) is 0 Å². The largest absolute Gasteiger partial charge is 0.394 e. The second-order valence-corrected chi connectivity index (χ2v) is 6.19. The van der Waals surface area contributed by atoms with Crippen LogP contribution in [0, 0.1) is 0 Å². The quantitative estimate of drug-likeness (QED) is 0.530. The van der Waals surface area contributed by atoms with Crippen molar-refractivity contribution in [1.29, 1.82) is 0 Å². The fraction of sp³-hybridized carbons (Fsp3) is 0.368. The van der Waals surface area contributed by atoms with E-state index in [4.69, 9.17) is 11.5 Å². The summed E-state index contributed by atoms with van der Waals surface area (Å²) in [5.41, 5.74) is 13.3. The summed E-state index contributed by atoms with van der Waals surface area (Å²) in [5, 5.41) is 21.0. The van der Waals surface area contributed by atoms with Crippen LogP contribution in [0.15, 0.2) is 30.3 Å². The minimum absolute atomic E-state index is 0.201. The number of fused-ring (bicyclic) bond motifs is 1. The lowest BCUT2D eigenvalue weighted by Crippen LogP contribution is -2.18. The van der Waals surface area contributed by atoms with Crippen LogP contribution in [0.3, 0.4) is 0 Å². The number of nitrogens with two attached hydrogens (primary N) is 2. The van der Waals surface area contributed by atoms with E-state index in [-0.39, 0.29) is 31.8 Å². The first-order valence-corrected chi connectivity index (χ1v) is 8.30. The Morgan fingerprint density at radius 2 is 1.56 bits per heavy atom. The van der Waals surface area contributed by atoms with Gasteiger partial charge in [-0.1, -0.05) is 30.3 Å². The molecule has 0 radical (unpaired) electrons. The number of primary amides is 2. The number of aryl methyl sites for hydroxylation is 2. The first kappa shape index (κ1) is 18.9. The molecule has 0 aliphatic carbocycles. The molecule has 0 saturated carbocycles. The van der Waals surface area contributed by atoms with Gasteiger partial charge in [-0.3, -0.25) is 9.59 Å². The van der Waals surface area contributed by atoms with Crippen LogP contribution < -0.4 is 11.5 Å². The van der Waals surface area contributed by atoms with Crippen LogP contribution in [0.4, 0.5) is 0 Å². The smallest absolute Gasteiger partial charge is 0.217 e. The molecule has 134 valence electrons. The lowest BCUT2D eigenvalue weighted by Gasteiger charge is -2.18. The molecule has 6 nitrogen and oxygen atoms in total. The molecule has 0 heterocycles. The van der Waals surface area contributed by atoms with Gasteiger partial charge in [-0.2, -0.15) is 0 Å². The molecule has 2 aromatic carbocycles. The van der Waals surface area contributed by atoms with Crippen LogP contribution in [-0.4, -0.2) is 34.7 Å². The van der Waals surface area contributed by atoms with E-state index in [1.54, 1.807) is 0 Å². The van der Waals surface area contributed by atoms with E-state index in [0.717, 1.165) is 27.5 Å². The Balaban J connectivity index is 2.55. The molecule has 0 spiro atoms. The van der Waals surface area contributed by atoms with E-state index in [9.17, 15) is 19.8 Å². The maximum absolute atomic E-state index is 11.2. The van der Waals surface area contributed by atoms with E-state index in [1.165, 1.54) is 0 Å². The molecule has 0 bridgehead atoms. The van der Waals surface area contributed by atoms with Crippen molar-refractivity contribution in [1.82, 2.24) is 0 Å². The van der Waals surface area contributed by atoms with Crippen LogP contribution in [0.1, 0.15) is 29.5 Å². The van der Waals surface area contributed by atoms with Gasteiger partial charge in [0.05, 0.1) is 12.7 Å². The first-order valence-electron chi connectivity index (χ1n) is 8.30. The molecule has 0 aliphatic heterocycles. The van der Waals surface area contributed by atoms with Crippen molar-refractivity contribution < 1.29 is 19.8 Å². The summed E-state index contributed by atoms with van der Waals surface area (Å²) in [5.74, 6) is -0.769. The predicted octanol–water partition coefficient (Wildman–Crippen LogP) is 0.571. The van der Waals surface area contributed by atoms with Gasteiger partial charge < -0.3 is 21.7 Å². The molecular formula is C19H24N2O4. The lowest BCUT2D eigenvalue weighted by molar-refractivity contribution is -0.118. The number of aliphatic hydroxyl groups excluding tert-OH is 2. The number of rotatable bonds is 9. The molecule has 2 aromatic rings. The molecule has 2 amide bonds. The zero-order valence-corrected chi connectivity index (χ0v) is 14.1. The normalized spacial score (nSPS) is 12.2. The number of amides is 2. The maximum Gasteiger partial charge on any atom is 0.217 e. The topological polar surface area (TPSA) is 127 Å². The summed E-state index contributed by atoms with van der Waals surface area (Å²) in [6.07, 6.45) is 0.754. The average Bonchev–Trinajstić information content (AvgIpc) is 2.58. The highest BCUT2D eigenvalue weighted by Gasteiger charge is 2.16. The highest BCUT2D eigenvalue weighted by molar-refractivity contribution is 5.90. The number of hydrogen-bond acceptors (Lipinski definition) is 4. The van der Waals surface area contributed by atoms with Gasteiger partial charge in [0, 0.05) is 19.3 Å². The van der Waals surface area contributed by atoms with Gasteiger partial charge in [0.25, 0.3) is 0 Å². The van der Waals surface area contributed by atoms with E-state index >= 15 is 0 Å². The maximum atomic E-state index is 11.2. The van der Waals surface area contributed by atoms with Gasteiger partial charge in [0.1, 0.15) is 0 Å². The summed E-state index contributed by atoms with van der Waals surface area (Å²) in [4.78, 5) is 22.4. The van der Waals surface area contributed by atoms with E-state index < -0.39 is 12.0 Å². The third kappa shape index (κ3) is 5.01. The van der Waals surface area contributed by atoms with Crippen molar-refractivity contribution >= 4 is 22.6 Å². The number of benzene rings is 2. The monoisotopic (exact) mass is 344 g/mol. The van der Waals surface area contributed by atoms with Gasteiger partial charge in [-0.05, 0) is 40.3 Å². The van der Waals surface area contributed by atoms with Crippen LogP contribution >= 0.6 is 0 Å². The predicted molar refractivity (Wildman–Crippen MR) is 95.8 cm³/mol. The van der Waals surface area contributed by atoms with Gasteiger partial charge in [0.2, 0.25) is 11.8 Å². The summed E-state index contributed by atoms with van der Waals surface area (Å²) in [7, 11) is 0. The third-order valence-electron chi connectivity index (χ3n) is 4.26. The summed E-state index contributed by atoms with van der Waals surface area (Å²) < 4.78 is 0. The minimum atomic E-state index is -0.891. The molecule has 0 saturated heterocycles. The van der Waals surface area contributed by atoms with Crippen LogP contribution in [0.2, 0.25) is 0 Å². The molecule has 1 unspecified atom stereocenters. The van der Waals surface area contributed by atoms with Gasteiger partial charge in [0.15, 0.2) is 0 Å². The Hall–Kier alpha value is -2.44. The summed E-state index contributed by atoms with van der Waals surface area (Å²) in [6.45, 7) is -0.349. The van der Waals surface area contributed by atoms with E-state index in [0.29, 0.717) is 12.8 Å². The minimum Gasteiger partial charge on any atom is -0.394 e. The SMILES string of the molecule is NC(=O)CCc1cc(CC(O)CO)c(CCC(N)=O)c2ccccc12. The number of hydrogen-bond donors (Lipinski definition) is 4. The van der Waals surface area contributed by atoms with Crippen molar-refractivity contribution in [3.8, 4) is 0 Å². The van der Waals surface area contributed by atoms with Crippen molar-refractivity contribution in [2.24, 2.45) is 11.5 Å². The van der Waals surface area contributed by atoms with Gasteiger partial charge in [-0.15, -0.1) is 0 Å². The van der Waals surface area contributed by atoms with Crippen molar-refractivity contribution in [2.75, 3.05) is 6.61 Å². The van der Waals surface area contributed by atoms with Crippen molar-refractivity contribution in [2.45, 2.75) is 38.2 Å². The Bertz CT molecular complexity index is 773. The highest BCUT2D eigenvalue weighted by Crippen LogP contribution is 2.29. The second-order valence-electron chi connectivity index (χ2n) is 6.19. The zero-order chi connectivity index (χ0) is 18.4. The number of carbonyl (C=O) groups is 2. The van der Waals surface area contributed by atoms with Gasteiger partial charge >= 0.3 is 0 Å². The average molecular weight is 344 g/mol. The third-order valence-corrected chi connectivity index (χ3v) is 4.26. The molecule has 0 aliphatic rings. The second kappa shape index (κ2) is 8.60. The highest BCUT2D eigenvalue weighted by atomic mass is 16.3. The molecular weight excluding hydrogens is 320 g/mol. The summed E-state index contributed by atoms with van der Waals surface area (Å²) in [6, 6.07) is 9.66. The molecule has 0 aromatic heterocycles. The number of aliphatic hydroxyl groups is 2. The zero-order valence-electron chi connectivity index (χ0n) is 14.1. The first-order chi connectivity index (χ1) is 11.9. The van der Waals surface area contributed by atoms with E-state index in [2.05, 4.69) is 0 Å². The fourth-order valence-electron chi connectivity index (χ4n) is 3.08. The Kier molecular flexibility index (Phi) is 6.50. The van der Waals surface area contributed by atoms with Crippen molar-refractivity contribution in [3.05, 3.63) is 47.0 Å². The molecule has 1 atom stereocenters. The standard InChI is InChI=1S/C19H24N2O4/c20-18(24)7-5-12-9-13(10-14(23)11-22)16(6-8-19(21)25)17-4-2-1-3-15(12)17/h1-4,9,14,22-23H,5-8,10-11H2,(H2,20,24)(H2,21,25). The molecule has 0 fully saturated rings. The lowest BCUT2D eigenvalue weighted by atomic mass is 9.88. The molecule has 25 heavy (non-hydrogen) atoms. The molecule has 6 N–H and O–H groups in total.